The number of rotatable bonds is 8. The third-order valence-corrected chi connectivity index (χ3v) is 5.00. The third-order valence-electron chi connectivity index (χ3n) is 3.38. The van der Waals surface area contributed by atoms with E-state index >= 15 is 0 Å². The van der Waals surface area contributed by atoms with Gasteiger partial charge in [-0.15, -0.1) is 0 Å². The van der Waals surface area contributed by atoms with Crippen LogP contribution in [0.2, 0.25) is 0 Å². The zero-order valence-corrected chi connectivity index (χ0v) is 13.3. The predicted octanol–water partition coefficient (Wildman–Crippen LogP) is 1.07. The van der Waals surface area contributed by atoms with E-state index < -0.39 is 10.0 Å². The average Bonchev–Trinajstić information content (AvgIpc) is 2.43. The Bertz CT molecular complexity index is 525. The van der Waals surface area contributed by atoms with Crippen LogP contribution in [-0.4, -0.2) is 39.5 Å². The average molecular weight is 299 g/mol. The summed E-state index contributed by atoms with van der Waals surface area (Å²) < 4.78 is 27.2. The molecule has 0 aliphatic carbocycles. The first kappa shape index (κ1) is 17.1. The van der Waals surface area contributed by atoms with Crippen molar-refractivity contribution < 1.29 is 8.42 Å². The molecule has 20 heavy (non-hydrogen) atoms. The van der Waals surface area contributed by atoms with Crippen molar-refractivity contribution in [2.24, 2.45) is 5.73 Å². The van der Waals surface area contributed by atoms with Crippen molar-refractivity contribution in [1.82, 2.24) is 9.62 Å². The molecule has 0 radical (unpaired) electrons. The van der Waals surface area contributed by atoms with Gasteiger partial charge in [-0.25, -0.2) is 13.1 Å². The maximum Gasteiger partial charge on any atom is 0.240 e. The topological polar surface area (TPSA) is 75.4 Å². The van der Waals surface area contributed by atoms with Gasteiger partial charge in [-0.3, -0.25) is 0 Å². The standard InChI is InChI=1S/C14H25N3O2S/c1-4-17(5-2)9-8-16-20(18,19)14-7-6-13(11-15)10-12(14)3/h6-7,10,16H,4-5,8-9,11,15H2,1-3H3. The Labute approximate surface area is 122 Å². The first-order valence-corrected chi connectivity index (χ1v) is 8.44. The van der Waals surface area contributed by atoms with Crippen molar-refractivity contribution in [3.63, 3.8) is 0 Å². The van der Waals surface area contributed by atoms with Gasteiger partial charge in [-0.2, -0.15) is 0 Å². The second-order valence-electron chi connectivity index (χ2n) is 4.73. The maximum atomic E-state index is 12.2. The lowest BCUT2D eigenvalue weighted by Gasteiger charge is -2.18. The van der Waals surface area contributed by atoms with Gasteiger partial charge in [0.25, 0.3) is 0 Å². The van der Waals surface area contributed by atoms with Gasteiger partial charge in [0, 0.05) is 19.6 Å². The van der Waals surface area contributed by atoms with Crippen LogP contribution in [0, 0.1) is 6.92 Å². The van der Waals surface area contributed by atoms with E-state index in [-0.39, 0.29) is 0 Å². The highest BCUT2D eigenvalue weighted by atomic mass is 32.2. The van der Waals surface area contributed by atoms with E-state index in [1.807, 2.05) is 6.07 Å². The Kier molecular flexibility index (Phi) is 6.61. The first-order chi connectivity index (χ1) is 9.44. The summed E-state index contributed by atoms with van der Waals surface area (Å²) in [6.45, 7) is 9.30. The quantitative estimate of drug-likeness (QED) is 0.753. The number of nitrogens with zero attached hydrogens (tertiary/aromatic N) is 1. The zero-order chi connectivity index (χ0) is 15.2. The van der Waals surface area contributed by atoms with Gasteiger partial charge in [-0.1, -0.05) is 26.0 Å². The molecule has 0 aliphatic rings. The van der Waals surface area contributed by atoms with Gasteiger partial charge in [0.1, 0.15) is 0 Å². The Morgan fingerprint density at radius 3 is 2.40 bits per heavy atom. The molecule has 0 fully saturated rings. The summed E-state index contributed by atoms with van der Waals surface area (Å²) in [5.74, 6) is 0. The van der Waals surface area contributed by atoms with Gasteiger partial charge >= 0.3 is 0 Å². The van der Waals surface area contributed by atoms with Crippen LogP contribution in [0.15, 0.2) is 23.1 Å². The molecule has 0 aliphatic heterocycles. The molecule has 5 nitrogen and oxygen atoms in total. The highest BCUT2D eigenvalue weighted by molar-refractivity contribution is 7.89. The lowest BCUT2D eigenvalue weighted by Crippen LogP contribution is -2.35. The molecule has 0 spiro atoms. The van der Waals surface area contributed by atoms with Crippen molar-refractivity contribution in [3.8, 4) is 0 Å². The second kappa shape index (κ2) is 7.73. The Morgan fingerprint density at radius 2 is 1.90 bits per heavy atom. The lowest BCUT2D eigenvalue weighted by atomic mass is 10.1. The number of likely N-dealkylation sites (N-methyl/N-ethyl adjacent to an activating group) is 1. The second-order valence-corrected chi connectivity index (χ2v) is 6.46. The summed E-state index contributed by atoms with van der Waals surface area (Å²) in [4.78, 5) is 2.50. The van der Waals surface area contributed by atoms with E-state index in [9.17, 15) is 8.42 Å². The minimum absolute atomic E-state index is 0.328. The number of benzene rings is 1. The molecule has 0 unspecified atom stereocenters. The monoisotopic (exact) mass is 299 g/mol. The fraction of sp³-hybridized carbons (Fsp3) is 0.571. The zero-order valence-electron chi connectivity index (χ0n) is 12.5. The molecule has 0 atom stereocenters. The molecule has 6 heteroatoms. The fourth-order valence-corrected chi connectivity index (χ4v) is 3.34. The largest absolute Gasteiger partial charge is 0.326 e. The summed E-state index contributed by atoms with van der Waals surface area (Å²) in [7, 11) is -3.45. The van der Waals surface area contributed by atoms with E-state index in [0.717, 1.165) is 24.2 Å². The van der Waals surface area contributed by atoms with Crippen LogP contribution >= 0.6 is 0 Å². The van der Waals surface area contributed by atoms with Gasteiger partial charge < -0.3 is 10.6 Å². The van der Waals surface area contributed by atoms with Gasteiger partial charge in [0.15, 0.2) is 0 Å². The van der Waals surface area contributed by atoms with E-state index in [4.69, 9.17) is 5.73 Å². The predicted molar refractivity (Wildman–Crippen MR) is 82.0 cm³/mol. The molecule has 1 aromatic carbocycles. The Morgan fingerprint density at radius 1 is 1.25 bits per heavy atom. The molecule has 0 aromatic heterocycles. The molecule has 0 saturated carbocycles. The molecule has 1 rings (SSSR count). The number of nitrogens with one attached hydrogen (secondary N) is 1. The molecule has 0 amide bonds. The third kappa shape index (κ3) is 4.56. The van der Waals surface area contributed by atoms with Crippen molar-refractivity contribution in [2.75, 3.05) is 26.2 Å². The van der Waals surface area contributed by atoms with Crippen molar-refractivity contribution in [2.45, 2.75) is 32.2 Å². The normalized spacial score (nSPS) is 12.1. The van der Waals surface area contributed by atoms with Crippen LogP contribution in [0.4, 0.5) is 0 Å². The van der Waals surface area contributed by atoms with Crippen molar-refractivity contribution in [1.29, 1.82) is 0 Å². The SMILES string of the molecule is CCN(CC)CCNS(=O)(=O)c1ccc(CN)cc1C. The minimum atomic E-state index is -3.45. The summed E-state index contributed by atoms with van der Waals surface area (Å²) >= 11 is 0. The maximum absolute atomic E-state index is 12.2. The van der Waals surface area contributed by atoms with Crippen LogP contribution in [0.3, 0.4) is 0 Å². The number of hydrogen-bond acceptors (Lipinski definition) is 4. The minimum Gasteiger partial charge on any atom is -0.326 e. The van der Waals surface area contributed by atoms with Gasteiger partial charge in [0.05, 0.1) is 4.90 Å². The van der Waals surface area contributed by atoms with Gasteiger partial charge in [-0.05, 0) is 37.2 Å². The number of aryl methyl sites for hydroxylation is 1. The van der Waals surface area contributed by atoms with E-state index in [1.165, 1.54) is 0 Å². The Balaban J connectivity index is 2.74. The number of hydrogen-bond donors (Lipinski definition) is 2. The molecule has 3 N–H and O–H groups in total. The lowest BCUT2D eigenvalue weighted by molar-refractivity contribution is 0.309. The smallest absolute Gasteiger partial charge is 0.240 e. The molecule has 0 heterocycles. The van der Waals surface area contributed by atoms with Crippen molar-refractivity contribution >= 4 is 10.0 Å². The highest BCUT2D eigenvalue weighted by Crippen LogP contribution is 2.16. The molecule has 1 aromatic rings. The summed E-state index contributed by atoms with van der Waals surface area (Å²) in [6, 6.07) is 5.20. The highest BCUT2D eigenvalue weighted by Gasteiger charge is 2.16. The van der Waals surface area contributed by atoms with E-state index in [1.54, 1.807) is 19.1 Å². The van der Waals surface area contributed by atoms with Crippen LogP contribution in [0.1, 0.15) is 25.0 Å². The molecule has 0 saturated heterocycles. The van der Waals surface area contributed by atoms with E-state index in [0.29, 0.717) is 24.5 Å². The number of nitrogens with two attached hydrogens (primary N) is 1. The summed E-state index contributed by atoms with van der Waals surface area (Å²) in [5.41, 5.74) is 7.21. The molecule has 114 valence electrons. The van der Waals surface area contributed by atoms with Crippen LogP contribution in [0.25, 0.3) is 0 Å². The first-order valence-electron chi connectivity index (χ1n) is 6.96. The summed E-state index contributed by atoms with van der Waals surface area (Å²) in [5, 5.41) is 0. The summed E-state index contributed by atoms with van der Waals surface area (Å²) in [6.07, 6.45) is 0. The molecule has 0 bridgehead atoms. The molecular weight excluding hydrogens is 274 g/mol. The van der Waals surface area contributed by atoms with Crippen molar-refractivity contribution in [3.05, 3.63) is 29.3 Å². The van der Waals surface area contributed by atoms with Crippen LogP contribution in [-0.2, 0) is 16.6 Å². The van der Waals surface area contributed by atoms with Crippen LogP contribution < -0.4 is 10.5 Å². The van der Waals surface area contributed by atoms with Crippen LogP contribution in [0.5, 0.6) is 0 Å². The van der Waals surface area contributed by atoms with Gasteiger partial charge in [0.2, 0.25) is 10.0 Å². The fourth-order valence-electron chi connectivity index (χ4n) is 2.10. The number of sulfonamides is 1. The Hall–Kier alpha value is -0.950. The molecular formula is C14H25N3O2S. The van der Waals surface area contributed by atoms with E-state index in [2.05, 4.69) is 23.5 Å².